The van der Waals surface area contributed by atoms with Crippen molar-refractivity contribution in [2.24, 2.45) is 0 Å². The quantitative estimate of drug-likeness (QED) is 0.839. The first-order valence-electron chi connectivity index (χ1n) is 8.47. The summed E-state index contributed by atoms with van der Waals surface area (Å²) >= 11 is 0. The largest absolute Gasteiger partial charge is 0.497 e. The number of carbonyl (C=O) groups excluding carboxylic acids is 1. The smallest absolute Gasteiger partial charge is 0.362 e. The molecule has 0 amide bonds. The Labute approximate surface area is 153 Å². The molecule has 0 unspecified atom stereocenters. The Balaban J connectivity index is 1.68. The number of nitrogens with one attached hydrogen (secondary N) is 1. The molecule has 5 heteroatoms. The van der Waals surface area contributed by atoms with Gasteiger partial charge in [-0.3, -0.25) is 0 Å². The van der Waals surface area contributed by atoms with Gasteiger partial charge in [-0.05, 0) is 41.3 Å². The van der Waals surface area contributed by atoms with Gasteiger partial charge in [0.15, 0.2) is 0 Å². The monoisotopic (exact) mass is 353 g/mol. The summed E-state index contributed by atoms with van der Waals surface area (Å²) in [5.74, 6) is 0.953. The van der Waals surface area contributed by atoms with E-state index >= 15 is 0 Å². The van der Waals surface area contributed by atoms with Crippen molar-refractivity contribution < 1.29 is 19.1 Å². The van der Waals surface area contributed by atoms with E-state index in [2.05, 4.69) is 26.3 Å². The lowest BCUT2D eigenvalue weighted by atomic mass is 9.87. The number of rotatable bonds is 4. The zero-order valence-electron chi connectivity index (χ0n) is 15.5. The summed E-state index contributed by atoms with van der Waals surface area (Å²) in [5.41, 5.74) is 5.95. The second kappa shape index (κ2) is 7.12. The van der Waals surface area contributed by atoms with Crippen LogP contribution in [0, 0.1) is 0 Å². The van der Waals surface area contributed by atoms with Crippen LogP contribution in [0.15, 0.2) is 48.5 Å². The SMILES string of the molecule is COc1ccc2c(c1)OCC=C2NOC(=O)c1ccc(C(C)(C)C)cc1. The first-order chi connectivity index (χ1) is 12.4. The number of hydrogen-bond donors (Lipinski definition) is 1. The van der Waals surface area contributed by atoms with Gasteiger partial charge in [-0.25, -0.2) is 10.3 Å². The summed E-state index contributed by atoms with van der Waals surface area (Å²) in [6.45, 7) is 6.78. The van der Waals surface area contributed by atoms with Crippen LogP contribution in [-0.4, -0.2) is 19.7 Å². The molecule has 0 bridgehead atoms. The third kappa shape index (κ3) is 3.82. The Morgan fingerprint density at radius 2 is 1.85 bits per heavy atom. The van der Waals surface area contributed by atoms with Crippen LogP contribution in [0.2, 0.25) is 0 Å². The number of hydroxylamine groups is 1. The van der Waals surface area contributed by atoms with E-state index in [-0.39, 0.29) is 5.41 Å². The first-order valence-corrected chi connectivity index (χ1v) is 8.47. The van der Waals surface area contributed by atoms with Crippen LogP contribution < -0.4 is 15.0 Å². The summed E-state index contributed by atoms with van der Waals surface area (Å²) in [5, 5.41) is 0. The van der Waals surface area contributed by atoms with Crippen LogP contribution in [0.3, 0.4) is 0 Å². The molecule has 0 saturated heterocycles. The fourth-order valence-electron chi connectivity index (χ4n) is 2.66. The van der Waals surface area contributed by atoms with E-state index in [1.807, 2.05) is 30.3 Å². The molecule has 0 atom stereocenters. The highest BCUT2D eigenvalue weighted by Gasteiger charge is 2.18. The van der Waals surface area contributed by atoms with Crippen LogP contribution in [0.5, 0.6) is 11.5 Å². The third-order valence-corrected chi connectivity index (χ3v) is 4.25. The molecule has 5 nitrogen and oxygen atoms in total. The second-order valence-corrected chi connectivity index (χ2v) is 7.11. The standard InChI is InChI=1S/C21H23NO4/c1-21(2,3)15-7-5-14(6-8-15)20(23)26-22-18-11-12-25-19-13-16(24-4)9-10-17(18)19/h5-11,13,22H,12H2,1-4H3. The van der Waals surface area contributed by atoms with Crippen molar-refractivity contribution in [2.75, 3.05) is 13.7 Å². The molecule has 1 N–H and O–H groups in total. The molecule has 3 rings (SSSR count). The highest BCUT2D eigenvalue weighted by atomic mass is 16.7. The topological polar surface area (TPSA) is 56.8 Å². The van der Waals surface area contributed by atoms with Crippen molar-refractivity contribution in [3.63, 3.8) is 0 Å². The van der Waals surface area contributed by atoms with Gasteiger partial charge in [-0.2, -0.15) is 0 Å². The fraction of sp³-hybridized carbons (Fsp3) is 0.286. The lowest BCUT2D eigenvalue weighted by Crippen LogP contribution is -2.22. The number of fused-ring (bicyclic) bond motifs is 1. The fourth-order valence-corrected chi connectivity index (χ4v) is 2.66. The van der Waals surface area contributed by atoms with Gasteiger partial charge in [0.25, 0.3) is 0 Å². The van der Waals surface area contributed by atoms with Crippen molar-refractivity contribution >= 4 is 11.7 Å². The number of carbonyl (C=O) groups is 1. The Bertz CT molecular complexity index is 832. The first kappa shape index (κ1) is 17.9. The minimum Gasteiger partial charge on any atom is -0.497 e. The molecule has 0 radical (unpaired) electrons. The number of methoxy groups -OCH3 is 1. The van der Waals surface area contributed by atoms with Gasteiger partial charge in [0.05, 0.1) is 18.4 Å². The number of ether oxygens (including phenoxy) is 2. The van der Waals surface area contributed by atoms with Crippen molar-refractivity contribution in [2.45, 2.75) is 26.2 Å². The summed E-state index contributed by atoms with van der Waals surface area (Å²) < 4.78 is 10.8. The van der Waals surface area contributed by atoms with E-state index in [0.717, 1.165) is 11.1 Å². The van der Waals surface area contributed by atoms with E-state index in [4.69, 9.17) is 14.3 Å². The highest BCUT2D eigenvalue weighted by Crippen LogP contribution is 2.32. The van der Waals surface area contributed by atoms with Gasteiger partial charge >= 0.3 is 5.97 Å². The maximum absolute atomic E-state index is 12.3. The zero-order valence-corrected chi connectivity index (χ0v) is 15.5. The van der Waals surface area contributed by atoms with Gasteiger partial charge in [0, 0.05) is 11.6 Å². The molecule has 2 aromatic rings. The third-order valence-electron chi connectivity index (χ3n) is 4.25. The number of hydrogen-bond acceptors (Lipinski definition) is 5. The molecule has 0 saturated carbocycles. The average Bonchev–Trinajstić information content (AvgIpc) is 2.64. The van der Waals surface area contributed by atoms with Crippen LogP contribution >= 0.6 is 0 Å². The second-order valence-electron chi connectivity index (χ2n) is 7.11. The molecule has 0 aromatic heterocycles. The maximum atomic E-state index is 12.3. The molecule has 1 heterocycles. The van der Waals surface area contributed by atoms with Crippen LogP contribution in [0.4, 0.5) is 0 Å². The lowest BCUT2D eigenvalue weighted by molar-refractivity contribution is 0.0366. The van der Waals surface area contributed by atoms with E-state index in [9.17, 15) is 4.79 Å². The van der Waals surface area contributed by atoms with Gasteiger partial charge in [-0.15, -0.1) is 0 Å². The predicted octanol–water partition coefficient (Wildman–Crippen LogP) is 4.09. The molecule has 1 aliphatic rings. The van der Waals surface area contributed by atoms with Crippen molar-refractivity contribution in [1.29, 1.82) is 0 Å². The molecule has 136 valence electrons. The van der Waals surface area contributed by atoms with E-state index in [0.29, 0.717) is 29.4 Å². The zero-order chi connectivity index (χ0) is 18.7. The van der Waals surface area contributed by atoms with Crippen LogP contribution in [0.1, 0.15) is 42.3 Å². The normalized spacial score (nSPS) is 13.2. The minimum absolute atomic E-state index is 0.0400. The number of benzene rings is 2. The lowest BCUT2D eigenvalue weighted by Gasteiger charge is -2.20. The Kier molecular flexibility index (Phi) is 4.89. The molecule has 0 fully saturated rings. The molecule has 2 aromatic carbocycles. The van der Waals surface area contributed by atoms with E-state index < -0.39 is 5.97 Å². The van der Waals surface area contributed by atoms with E-state index in [1.54, 1.807) is 25.3 Å². The van der Waals surface area contributed by atoms with Gasteiger partial charge in [-0.1, -0.05) is 32.9 Å². The summed E-state index contributed by atoms with van der Waals surface area (Å²) in [6.07, 6.45) is 1.82. The molecule has 1 aliphatic heterocycles. The maximum Gasteiger partial charge on any atom is 0.362 e. The van der Waals surface area contributed by atoms with Crippen molar-refractivity contribution in [3.8, 4) is 11.5 Å². The molecular formula is C21H23NO4. The Morgan fingerprint density at radius 1 is 1.12 bits per heavy atom. The molecule has 0 spiro atoms. The summed E-state index contributed by atoms with van der Waals surface area (Å²) in [6, 6.07) is 13.0. The Morgan fingerprint density at radius 3 is 2.50 bits per heavy atom. The van der Waals surface area contributed by atoms with Gasteiger partial charge in [0.2, 0.25) is 0 Å². The molecule has 0 aliphatic carbocycles. The van der Waals surface area contributed by atoms with Gasteiger partial charge in [0.1, 0.15) is 18.1 Å². The molecular weight excluding hydrogens is 330 g/mol. The average molecular weight is 353 g/mol. The predicted molar refractivity (Wildman–Crippen MR) is 100 cm³/mol. The summed E-state index contributed by atoms with van der Waals surface area (Å²) in [4.78, 5) is 17.6. The van der Waals surface area contributed by atoms with Gasteiger partial charge < -0.3 is 14.3 Å². The minimum atomic E-state index is -0.437. The van der Waals surface area contributed by atoms with Crippen LogP contribution in [-0.2, 0) is 10.3 Å². The Hall–Kier alpha value is -2.95. The van der Waals surface area contributed by atoms with Crippen LogP contribution in [0.25, 0.3) is 5.70 Å². The van der Waals surface area contributed by atoms with Crippen molar-refractivity contribution in [1.82, 2.24) is 5.48 Å². The van der Waals surface area contributed by atoms with Crippen molar-refractivity contribution in [3.05, 3.63) is 65.2 Å². The molecule has 26 heavy (non-hydrogen) atoms. The van der Waals surface area contributed by atoms with E-state index in [1.165, 1.54) is 0 Å². The summed E-state index contributed by atoms with van der Waals surface area (Å²) in [7, 11) is 1.60. The highest BCUT2D eigenvalue weighted by molar-refractivity contribution is 5.89.